The summed E-state index contributed by atoms with van der Waals surface area (Å²) in [5, 5.41) is 14.0. The number of nitrogens with one attached hydrogen (secondary N) is 1. The minimum atomic E-state index is -0.591. The third-order valence-corrected chi connectivity index (χ3v) is 4.23. The van der Waals surface area contributed by atoms with Gasteiger partial charge in [-0.3, -0.25) is 14.9 Å². The van der Waals surface area contributed by atoms with Gasteiger partial charge < -0.3 is 16.0 Å². The van der Waals surface area contributed by atoms with Gasteiger partial charge in [0.05, 0.1) is 10.6 Å². The Bertz CT molecular complexity index is 781. The summed E-state index contributed by atoms with van der Waals surface area (Å²) in [4.78, 5) is 29.6. The average Bonchev–Trinajstić information content (AvgIpc) is 2.62. The van der Waals surface area contributed by atoms with Crippen LogP contribution in [-0.4, -0.2) is 34.9 Å². The summed E-state index contributed by atoms with van der Waals surface area (Å²) in [6, 6.07) is 9.80. The quantitative estimate of drug-likeness (QED) is 0.499. The third kappa shape index (κ3) is 3.68. The molecule has 0 bridgehead atoms. The topological polar surface area (TPSA) is 114 Å². The third-order valence-electron chi connectivity index (χ3n) is 4.23. The van der Waals surface area contributed by atoms with Crippen molar-refractivity contribution >= 4 is 23.1 Å². The van der Waals surface area contributed by atoms with Gasteiger partial charge in [-0.05, 0) is 31.0 Å². The van der Waals surface area contributed by atoms with Crippen LogP contribution in [0.25, 0.3) is 0 Å². The Balaban J connectivity index is 1.74. The Morgan fingerprint density at radius 1 is 1.32 bits per heavy atom. The molecule has 1 atom stereocenters. The number of benzene rings is 1. The molecule has 1 fully saturated rings. The Morgan fingerprint density at radius 3 is 2.88 bits per heavy atom. The highest BCUT2D eigenvalue weighted by Gasteiger charge is 2.27. The standard InChI is InChI=1S/C17H19N5O3/c18-13-6-3-7-14(22(24)25)16(13)17(23)20-12-5-4-10-21(11-12)15-8-1-2-9-19-15/h1-3,6-9,12H,4-5,10-11,18H2,(H,20,23). The zero-order valence-corrected chi connectivity index (χ0v) is 13.6. The fourth-order valence-corrected chi connectivity index (χ4v) is 3.06. The minimum absolute atomic E-state index is 0.0811. The van der Waals surface area contributed by atoms with E-state index in [-0.39, 0.29) is 23.0 Å². The van der Waals surface area contributed by atoms with Crippen molar-refractivity contribution in [2.24, 2.45) is 0 Å². The van der Waals surface area contributed by atoms with Crippen LogP contribution in [0.5, 0.6) is 0 Å². The number of anilines is 2. The molecule has 1 unspecified atom stereocenters. The van der Waals surface area contributed by atoms with E-state index < -0.39 is 10.8 Å². The summed E-state index contributed by atoms with van der Waals surface area (Å²) in [6.07, 6.45) is 3.43. The van der Waals surface area contributed by atoms with Crippen molar-refractivity contribution in [3.63, 3.8) is 0 Å². The van der Waals surface area contributed by atoms with E-state index in [4.69, 9.17) is 5.73 Å². The first-order valence-electron chi connectivity index (χ1n) is 8.06. The number of piperidine rings is 1. The van der Waals surface area contributed by atoms with E-state index in [1.54, 1.807) is 6.20 Å². The second-order valence-electron chi connectivity index (χ2n) is 5.95. The van der Waals surface area contributed by atoms with Gasteiger partial charge in [0.25, 0.3) is 11.6 Å². The van der Waals surface area contributed by atoms with Crippen LogP contribution >= 0.6 is 0 Å². The zero-order valence-electron chi connectivity index (χ0n) is 13.6. The second-order valence-corrected chi connectivity index (χ2v) is 5.95. The summed E-state index contributed by atoms with van der Waals surface area (Å²) < 4.78 is 0. The SMILES string of the molecule is Nc1cccc([N+](=O)[O-])c1C(=O)NC1CCCN(c2ccccn2)C1. The molecular weight excluding hydrogens is 322 g/mol. The van der Waals surface area contributed by atoms with Crippen LogP contribution in [-0.2, 0) is 0 Å². The van der Waals surface area contributed by atoms with Crippen LogP contribution in [0.15, 0.2) is 42.6 Å². The highest BCUT2D eigenvalue weighted by Crippen LogP contribution is 2.25. The number of hydrogen-bond donors (Lipinski definition) is 2. The molecule has 1 aromatic heterocycles. The number of nitrogens with two attached hydrogens (primary N) is 1. The molecule has 3 N–H and O–H groups in total. The number of carbonyl (C=O) groups is 1. The molecule has 8 heteroatoms. The van der Waals surface area contributed by atoms with Gasteiger partial charge in [-0.15, -0.1) is 0 Å². The van der Waals surface area contributed by atoms with Gasteiger partial charge in [-0.1, -0.05) is 12.1 Å². The maximum atomic E-state index is 12.6. The van der Waals surface area contributed by atoms with Crippen LogP contribution in [0.1, 0.15) is 23.2 Å². The smallest absolute Gasteiger partial charge is 0.284 e. The molecule has 0 spiro atoms. The van der Waals surface area contributed by atoms with Crippen molar-refractivity contribution in [2.45, 2.75) is 18.9 Å². The van der Waals surface area contributed by atoms with Crippen LogP contribution in [0.2, 0.25) is 0 Å². The van der Waals surface area contributed by atoms with Crippen molar-refractivity contribution in [1.82, 2.24) is 10.3 Å². The first-order chi connectivity index (χ1) is 12.1. The van der Waals surface area contributed by atoms with E-state index in [1.165, 1.54) is 18.2 Å². The van der Waals surface area contributed by atoms with E-state index in [0.29, 0.717) is 6.54 Å². The minimum Gasteiger partial charge on any atom is -0.398 e. The molecule has 2 heterocycles. The van der Waals surface area contributed by atoms with E-state index in [0.717, 1.165) is 25.2 Å². The average molecular weight is 341 g/mol. The van der Waals surface area contributed by atoms with Crippen molar-refractivity contribution < 1.29 is 9.72 Å². The van der Waals surface area contributed by atoms with E-state index in [9.17, 15) is 14.9 Å². The largest absolute Gasteiger partial charge is 0.398 e. The predicted octanol–water partition coefficient (Wildman–Crippen LogP) is 1.97. The van der Waals surface area contributed by atoms with Crippen LogP contribution in [0, 0.1) is 10.1 Å². The Kier molecular flexibility index (Phi) is 4.78. The lowest BCUT2D eigenvalue weighted by atomic mass is 10.0. The molecule has 1 aromatic carbocycles. The molecule has 2 aromatic rings. The maximum Gasteiger partial charge on any atom is 0.284 e. The molecule has 25 heavy (non-hydrogen) atoms. The Labute approximate surface area is 144 Å². The highest BCUT2D eigenvalue weighted by atomic mass is 16.6. The number of pyridine rings is 1. The van der Waals surface area contributed by atoms with E-state index in [2.05, 4.69) is 15.2 Å². The lowest BCUT2D eigenvalue weighted by molar-refractivity contribution is -0.385. The summed E-state index contributed by atoms with van der Waals surface area (Å²) in [5.74, 6) is 0.337. The van der Waals surface area contributed by atoms with Gasteiger partial charge in [-0.25, -0.2) is 4.98 Å². The lowest BCUT2D eigenvalue weighted by Crippen LogP contribution is -2.48. The second kappa shape index (κ2) is 7.16. The summed E-state index contributed by atoms with van der Waals surface area (Å²) in [5.41, 5.74) is 5.54. The molecule has 3 rings (SSSR count). The Hall–Kier alpha value is -3.16. The molecular formula is C17H19N5O3. The molecule has 0 saturated carbocycles. The van der Waals surface area contributed by atoms with Crippen LogP contribution in [0.4, 0.5) is 17.2 Å². The number of aromatic nitrogens is 1. The summed E-state index contributed by atoms with van der Waals surface area (Å²) >= 11 is 0. The van der Waals surface area contributed by atoms with Crippen LogP contribution in [0.3, 0.4) is 0 Å². The first-order valence-corrected chi connectivity index (χ1v) is 8.06. The number of rotatable bonds is 4. The number of nitrogens with zero attached hydrogens (tertiary/aromatic N) is 3. The Morgan fingerprint density at radius 2 is 2.16 bits per heavy atom. The molecule has 1 aliphatic heterocycles. The number of nitro groups is 1. The lowest BCUT2D eigenvalue weighted by Gasteiger charge is -2.34. The fraction of sp³-hybridized carbons (Fsp3) is 0.294. The van der Waals surface area contributed by atoms with Gasteiger partial charge in [0.1, 0.15) is 11.4 Å². The number of amides is 1. The van der Waals surface area contributed by atoms with Crippen molar-refractivity contribution in [2.75, 3.05) is 23.7 Å². The van der Waals surface area contributed by atoms with Gasteiger partial charge >= 0.3 is 0 Å². The summed E-state index contributed by atoms with van der Waals surface area (Å²) in [6.45, 7) is 1.46. The molecule has 1 saturated heterocycles. The molecule has 8 nitrogen and oxygen atoms in total. The number of hydrogen-bond acceptors (Lipinski definition) is 6. The molecule has 130 valence electrons. The van der Waals surface area contributed by atoms with E-state index in [1.807, 2.05) is 18.2 Å². The number of nitro benzene ring substituents is 1. The normalized spacial score (nSPS) is 17.1. The van der Waals surface area contributed by atoms with Crippen molar-refractivity contribution in [3.05, 3.63) is 58.3 Å². The highest BCUT2D eigenvalue weighted by molar-refractivity contribution is 6.03. The van der Waals surface area contributed by atoms with Gasteiger partial charge in [0.2, 0.25) is 0 Å². The van der Waals surface area contributed by atoms with E-state index >= 15 is 0 Å². The number of nitrogen functional groups attached to an aromatic ring is 1. The number of carbonyl (C=O) groups excluding carboxylic acids is 1. The summed E-state index contributed by atoms with van der Waals surface area (Å²) in [7, 11) is 0. The van der Waals surface area contributed by atoms with Crippen molar-refractivity contribution in [1.29, 1.82) is 0 Å². The molecule has 1 aliphatic rings. The fourth-order valence-electron chi connectivity index (χ4n) is 3.06. The first kappa shape index (κ1) is 16.7. The predicted molar refractivity (Wildman–Crippen MR) is 94.4 cm³/mol. The van der Waals surface area contributed by atoms with Crippen LogP contribution < -0.4 is 16.0 Å². The van der Waals surface area contributed by atoms with Gasteiger partial charge in [0.15, 0.2) is 0 Å². The van der Waals surface area contributed by atoms with Gasteiger partial charge in [0, 0.05) is 31.4 Å². The van der Waals surface area contributed by atoms with Gasteiger partial charge in [-0.2, -0.15) is 0 Å². The van der Waals surface area contributed by atoms with Crippen molar-refractivity contribution in [3.8, 4) is 0 Å². The maximum absolute atomic E-state index is 12.6. The molecule has 0 aliphatic carbocycles. The molecule has 1 amide bonds. The molecule has 0 radical (unpaired) electrons. The zero-order chi connectivity index (χ0) is 17.8. The monoisotopic (exact) mass is 341 g/mol.